The number of aryl methyl sites for hydroxylation is 3. The molecule has 6 heteroatoms. The second-order valence-electron chi connectivity index (χ2n) is 4.96. The second-order valence-corrected chi connectivity index (χ2v) is 4.96. The standard InChI is InChI=1S/C15H17N5O/c1-12-10-16-15(21-12)11-20-14(17-18-19-20)9-5-8-13-6-3-2-4-7-13/h2-4,6-7,10H,5,8-9,11H2,1H3. The van der Waals surface area contributed by atoms with Crippen molar-refractivity contribution in [2.45, 2.75) is 32.7 Å². The van der Waals surface area contributed by atoms with Crippen LogP contribution in [0.15, 0.2) is 40.9 Å². The molecule has 1 aromatic carbocycles. The molecule has 3 rings (SSSR count). The maximum atomic E-state index is 5.46. The molecular formula is C15H17N5O. The van der Waals surface area contributed by atoms with Crippen molar-refractivity contribution in [2.24, 2.45) is 0 Å². The third-order valence-corrected chi connectivity index (χ3v) is 3.27. The Balaban J connectivity index is 1.58. The summed E-state index contributed by atoms with van der Waals surface area (Å²) < 4.78 is 7.20. The van der Waals surface area contributed by atoms with Crippen molar-refractivity contribution in [3.8, 4) is 0 Å². The Labute approximate surface area is 122 Å². The number of rotatable bonds is 6. The molecule has 3 aromatic rings. The topological polar surface area (TPSA) is 69.6 Å². The Kier molecular flexibility index (Phi) is 4.04. The Morgan fingerprint density at radius 3 is 2.76 bits per heavy atom. The summed E-state index contributed by atoms with van der Waals surface area (Å²) in [6.45, 7) is 2.35. The van der Waals surface area contributed by atoms with Gasteiger partial charge in [0.05, 0.1) is 6.20 Å². The van der Waals surface area contributed by atoms with Gasteiger partial charge in [-0.15, -0.1) is 5.10 Å². The molecule has 2 aromatic heterocycles. The normalized spacial score (nSPS) is 10.9. The zero-order valence-electron chi connectivity index (χ0n) is 11.9. The molecule has 0 atom stereocenters. The molecule has 0 N–H and O–H groups in total. The van der Waals surface area contributed by atoms with E-state index in [0.717, 1.165) is 30.8 Å². The summed E-state index contributed by atoms with van der Waals surface area (Å²) in [6, 6.07) is 10.4. The van der Waals surface area contributed by atoms with Crippen LogP contribution in [0.1, 0.15) is 29.5 Å². The first-order valence-electron chi connectivity index (χ1n) is 7.01. The summed E-state index contributed by atoms with van der Waals surface area (Å²) in [7, 11) is 0. The number of aromatic nitrogens is 5. The largest absolute Gasteiger partial charge is 0.444 e. The van der Waals surface area contributed by atoms with Crippen LogP contribution in [0.25, 0.3) is 0 Å². The van der Waals surface area contributed by atoms with Crippen LogP contribution in [-0.4, -0.2) is 25.2 Å². The molecule has 6 nitrogen and oxygen atoms in total. The molecule has 0 aliphatic carbocycles. The van der Waals surface area contributed by atoms with Gasteiger partial charge in [0.1, 0.15) is 12.3 Å². The van der Waals surface area contributed by atoms with Gasteiger partial charge in [-0.05, 0) is 35.8 Å². The summed E-state index contributed by atoms with van der Waals surface area (Å²) in [6.07, 6.45) is 4.57. The fourth-order valence-corrected chi connectivity index (χ4v) is 2.22. The summed E-state index contributed by atoms with van der Waals surface area (Å²) in [4.78, 5) is 4.18. The molecule has 0 spiro atoms. The third-order valence-electron chi connectivity index (χ3n) is 3.27. The predicted octanol–water partition coefficient (Wildman–Crippen LogP) is 2.19. The lowest BCUT2D eigenvalue weighted by Gasteiger charge is -2.03. The van der Waals surface area contributed by atoms with Crippen molar-refractivity contribution in [1.29, 1.82) is 0 Å². The van der Waals surface area contributed by atoms with E-state index in [4.69, 9.17) is 4.42 Å². The highest BCUT2D eigenvalue weighted by Crippen LogP contribution is 2.08. The number of hydrogen-bond acceptors (Lipinski definition) is 5. The summed E-state index contributed by atoms with van der Waals surface area (Å²) in [5.41, 5.74) is 1.33. The molecule has 0 saturated carbocycles. The van der Waals surface area contributed by atoms with Crippen LogP contribution >= 0.6 is 0 Å². The van der Waals surface area contributed by atoms with Gasteiger partial charge in [-0.25, -0.2) is 9.67 Å². The van der Waals surface area contributed by atoms with Crippen molar-refractivity contribution < 1.29 is 4.42 Å². The van der Waals surface area contributed by atoms with E-state index in [-0.39, 0.29) is 0 Å². The Bertz CT molecular complexity index is 689. The van der Waals surface area contributed by atoms with Crippen molar-refractivity contribution in [1.82, 2.24) is 25.2 Å². The van der Waals surface area contributed by atoms with Gasteiger partial charge in [0.25, 0.3) is 0 Å². The summed E-state index contributed by atoms with van der Waals surface area (Å²) in [5, 5.41) is 11.8. The lowest BCUT2D eigenvalue weighted by atomic mass is 10.1. The minimum atomic E-state index is 0.474. The highest BCUT2D eigenvalue weighted by molar-refractivity contribution is 5.14. The van der Waals surface area contributed by atoms with E-state index in [2.05, 4.69) is 44.8 Å². The molecule has 0 unspecified atom stereocenters. The SMILES string of the molecule is Cc1cnc(Cn2nnnc2CCCc2ccccc2)o1. The van der Waals surface area contributed by atoms with Crippen LogP contribution in [0, 0.1) is 6.92 Å². The van der Waals surface area contributed by atoms with E-state index in [1.807, 2.05) is 13.0 Å². The molecule has 108 valence electrons. The molecular weight excluding hydrogens is 266 g/mol. The summed E-state index contributed by atoms with van der Waals surface area (Å²) >= 11 is 0. The summed E-state index contributed by atoms with van der Waals surface area (Å²) in [5.74, 6) is 2.29. The van der Waals surface area contributed by atoms with Crippen LogP contribution in [0.2, 0.25) is 0 Å². The van der Waals surface area contributed by atoms with Crippen molar-refractivity contribution in [2.75, 3.05) is 0 Å². The molecule has 0 bridgehead atoms. The van der Waals surface area contributed by atoms with E-state index in [0.29, 0.717) is 12.4 Å². The lowest BCUT2D eigenvalue weighted by Crippen LogP contribution is -2.08. The molecule has 0 saturated heterocycles. The minimum Gasteiger partial charge on any atom is -0.444 e. The molecule has 0 amide bonds. The van der Waals surface area contributed by atoms with Crippen LogP contribution in [0.3, 0.4) is 0 Å². The van der Waals surface area contributed by atoms with Crippen molar-refractivity contribution >= 4 is 0 Å². The zero-order chi connectivity index (χ0) is 14.5. The lowest BCUT2D eigenvalue weighted by molar-refractivity contribution is 0.437. The first-order chi connectivity index (χ1) is 10.3. The number of hydrogen-bond donors (Lipinski definition) is 0. The van der Waals surface area contributed by atoms with Crippen molar-refractivity contribution in [3.63, 3.8) is 0 Å². The first kappa shape index (κ1) is 13.5. The van der Waals surface area contributed by atoms with E-state index in [9.17, 15) is 0 Å². The maximum absolute atomic E-state index is 5.46. The fraction of sp³-hybridized carbons (Fsp3) is 0.333. The highest BCUT2D eigenvalue weighted by atomic mass is 16.4. The van der Waals surface area contributed by atoms with Crippen molar-refractivity contribution in [3.05, 3.63) is 59.6 Å². The Morgan fingerprint density at radius 2 is 2.00 bits per heavy atom. The highest BCUT2D eigenvalue weighted by Gasteiger charge is 2.09. The predicted molar refractivity (Wildman–Crippen MR) is 76.6 cm³/mol. The van der Waals surface area contributed by atoms with Gasteiger partial charge in [0, 0.05) is 6.42 Å². The zero-order valence-corrected chi connectivity index (χ0v) is 11.9. The van der Waals surface area contributed by atoms with Gasteiger partial charge in [0.2, 0.25) is 5.89 Å². The second kappa shape index (κ2) is 6.30. The minimum absolute atomic E-state index is 0.474. The number of oxazole rings is 1. The average Bonchev–Trinajstić information content (AvgIpc) is 3.10. The first-order valence-corrected chi connectivity index (χ1v) is 7.01. The average molecular weight is 283 g/mol. The van der Waals surface area contributed by atoms with Gasteiger partial charge < -0.3 is 4.42 Å². The number of tetrazole rings is 1. The number of benzene rings is 1. The van der Waals surface area contributed by atoms with E-state index in [1.165, 1.54) is 5.56 Å². The molecule has 0 aliphatic heterocycles. The smallest absolute Gasteiger partial charge is 0.216 e. The van der Waals surface area contributed by atoms with Gasteiger partial charge in [-0.1, -0.05) is 30.3 Å². The van der Waals surface area contributed by atoms with Crippen LogP contribution in [0.4, 0.5) is 0 Å². The molecule has 2 heterocycles. The van der Waals surface area contributed by atoms with Crippen LogP contribution in [0.5, 0.6) is 0 Å². The Hall–Kier alpha value is -2.50. The quantitative estimate of drug-likeness (QED) is 0.693. The molecule has 0 fully saturated rings. The fourth-order valence-electron chi connectivity index (χ4n) is 2.22. The maximum Gasteiger partial charge on any atom is 0.216 e. The van der Waals surface area contributed by atoms with Gasteiger partial charge in [-0.2, -0.15) is 0 Å². The molecule has 0 aliphatic rings. The van der Waals surface area contributed by atoms with Crippen LogP contribution in [-0.2, 0) is 19.4 Å². The van der Waals surface area contributed by atoms with Gasteiger partial charge >= 0.3 is 0 Å². The van der Waals surface area contributed by atoms with E-state index >= 15 is 0 Å². The number of nitrogens with zero attached hydrogens (tertiary/aromatic N) is 5. The van der Waals surface area contributed by atoms with E-state index in [1.54, 1.807) is 10.9 Å². The Morgan fingerprint density at radius 1 is 1.14 bits per heavy atom. The van der Waals surface area contributed by atoms with Crippen LogP contribution < -0.4 is 0 Å². The van der Waals surface area contributed by atoms with E-state index < -0.39 is 0 Å². The van der Waals surface area contributed by atoms with Gasteiger partial charge in [0.15, 0.2) is 5.82 Å². The molecule has 0 radical (unpaired) electrons. The monoisotopic (exact) mass is 283 g/mol. The van der Waals surface area contributed by atoms with Gasteiger partial charge in [-0.3, -0.25) is 0 Å². The third kappa shape index (κ3) is 3.53. The molecule has 21 heavy (non-hydrogen) atoms.